The van der Waals surface area contributed by atoms with Gasteiger partial charge in [0.15, 0.2) is 17.5 Å². The van der Waals surface area contributed by atoms with Crippen LogP contribution in [0.2, 0.25) is 0 Å². The lowest BCUT2D eigenvalue weighted by atomic mass is 10.1. The summed E-state index contributed by atoms with van der Waals surface area (Å²) in [5.74, 6) is -5.97. The number of aliphatic hydroxyl groups excluding tert-OH is 1. The Kier molecular flexibility index (Phi) is 4.51. The molecule has 0 unspecified atom stereocenters. The van der Waals surface area contributed by atoms with Gasteiger partial charge in [0.1, 0.15) is 5.56 Å². The minimum absolute atomic E-state index is 0.0173. The first-order valence-electron chi connectivity index (χ1n) is 6.41. The van der Waals surface area contributed by atoms with Crippen molar-refractivity contribution in [2.45, 2.75) is 13.5 Å². The van der Waals surface area contributed by atoms with Crippen LogP contribution in [0.1, 0.15) is 17.3 Å². The van der Waals surface area contributed by atoms with Crippen LogP contribution in [0.5, 0.6) is 0 Å². The molecule has 2 rings (SSSR count). The van der Waals surface area contributed by atoms with Gasteiger partial charge in [0.05, 0.1) is 24.1 Å². The van der Waals surface area contributed by atoms with E-state index in [1.54, 1.807) is 0 Å². The normalized spacial score (nSPS) is 11.0. The summed E-state index contributed by atoms with van der Waals surface area (Å²) in [6.45, 7) is 0.936. The van der Waals surface area contributed by atoms with E-state index in [1.807, 2.05) is 0 Å². The second-order valence-corrected chi connectivity index (χ2v) is 4.39. The molecule has 0 bridgehead atoms. The molecule has 0 radical (unpaired) electrons. The van der Waals surface area contributed by atoms with Crippen LogP contribution in [0.25, 0.3) is 10.9 Å². The highest BCUT2D eigenvalue weighted by Crippen LogP contribution is 2.21. The molecule has 118 valence electrons. The van der Waals surface area contributed by atoms with E-state index in [2.05, 4.69) is 4.74 Å². The maximum atomic E-state index is 13.9. The zero-order chi connectivity index (χ0) is 16.4. The smallest absolute Gasteiger partial charge is 0.343 e. The lowest BCUT2D eigenvalue weighted by Crippen LogP contribution is -2.23. The topological polar surface area (TPSA) is 68.5 Å². The summed E-state index contributed by atoms with van der Waals surface area (Å²) >= 11 is 0. The van der Waals surface area contributed by atoms with E-state index in [0.29, 0.717) is 6.07 Å². The minimum atomic E-state index is -1.80. The Hall–Kier alpha value is -2.35. The average Bonchev–Trinajstić information content (AvgIpc) is 2.47. The quantitative estimate of drug-likeness (QED) is 0.687. The molecule has 0 aliphatic carbocycles. The Balaban J connectivity index is 2.89. The first-order valence-corrected chi connectivity index (χ1v) is 6.41. The number of aromatic nitrogens is 1. The Bertz CT molecular complexity index is 801. The second-order valence-electron chi connectivity index (χ2n) is 4.39. The molecule has 0 fully saturated rings. The van der Waals surface area contributed by atoms with Crippen LogP contribution in [-0.2, 0) is 11.3 Å². The molecule has 0 atom stereocenters. The number of ether oxygens (including phenoxy) is 1. The third-order valence-corrected chi connectivity index (χ3v) is 3.04. The third kappa shape index (κ3) is 2.57. The van der Waals surface area contributed by atoms with Gasteiger partial charge >= 0.3 is 5.97 Å². The fourth-order valence-electron chi connectivity index (χ4n) is 2.09. The predicted molar refractivity (Wildman–Crippen MR) is 71.1 cm³/mol. The van der Waals surface area contributed by atoms with Crippen molar-refractivity contribution in [2.24, 2.45) is 0 Å². The minimum Gasteiger partial charge on any atom is -0.462 e. The number of aliphatic hydroxyl groups is 1. The van der Waals surface area contributed by atoms with Gasteiger partial charge in [0.25, 0.3) is 0 Å². The number of carbonyl (C=O) groups is 1. The van der Waals surface area contributed by atoms with Crippen LogP contribution < -0.4 is 5.43 Å². The predicted octanol–water partition coefficient (Wildman–Crippen LogP) is 1.59. The van der Waals surface area contributed by atoms with Gasteiger partial charge in [-0.2, -0.15) is 0 Å². The summed E-state index contributed by atoms with van der Waals surface area (Å²) in [5.41, 5.74) is -1.88. The molecule has 1 heterocycles. The molecule has 5 nitrogen and oxygen atoms in total. The number of fused-ring (bicyclic) bond motifs is 1. The van der Waals surface area contributed by atoms with Crippen molar-refractivity contribution < 1.29 is 27.8 Å². The van der Waals surface area contributed by atoms with Crippen molar-refractivity contribution in [2.75, 3.05) is 13.2 Å². The van der Waals surface area contributed by atoms with Crippen LogP contribution >= 0.6 is 0 Å². The molecule has 0 saturated carbocycles. The first kappa shape index (κ1) is 16.0. The van der Waals surface area contributed by atoms with E-state index in [1.165, 1.54) is 6.92 Å². The lowest BCUT2D eigenvalue weighted by Gasteiger charge is -2.13. The van der Waals surface area contributed by atoms with E-state index in [-0.39, 0.29) is 18.7 Å². The molecule has 2 aromatic rings. The van der Waals surface area contributed by atoms with E-state index >= 15 is 0 Å². The van der Waals surface area contributed by atoms with E-state index in [0.717, 1.165) is 10.8 Å². The van der Waals surface area contributed by atoms with Crippen molar-refractivity contribution in [3.63, 3.8) is 0 Å². The van der Waals surface area contributed by atoms with Gasteiger partial charge in [-0.25, -0.2) is 18.0 Å². The molecule has 0 amide bonds. The number of pyridine rings is 1. The monoisotopic (exact) mass is 315 g/mol. The molecule has 22 heavy (non-hydrogen) atoms. The second kappa shape index (κ2) is 6.18. The standard InChI is InChI=1S/C14H12F3NO4/c1-2-22-14(21)7-6-18(3-4-19)9-5-8(15)11(16)12(17)10(9)13(7)20/h5-6,19H,2-4H2,1H3. The van der Waals surface area contributed by atoms with Gasteiger partial charge in [-0.1, -0.05) is 0 Å². The zero-order valence-electron chi connectivity index (χ0n) is 11.5. The van der Waals surface area contributed by atoms with Gasteiger partial charge in [-0.15, -0.1) is 0 Å². The Morgan fingerprint density at radius 1 is 1.32 bits per heavy atom. The molecule has 0 aliphatic rings. The van der Waals surface area contributed by atoms with E-state index in [9.17, 15) is 22.8 Å². The van der Waals surface area contributed by atoms with Gasteiger partial charge in [0, 0.05) is 18.8 Å². The zero-order valence-corrected chi connectivity index (χ0v) is 11.5. The number of hydrogen-bond donors (Lipinski definition) is 1. The van der Waals surface area contributed by atoms with Crippen molar-refractivity contribution in [3.05, 3.63) is 45.5 Å². The maximum absolute atomic E-state index is 13.9. The molecule has 8 heteroatoms. The fourth-order valence-corrected chi connectivity index (χ4v) is 2.09. The summed E-state index contributed by atoms with van der Waals surface area (Å²) in [7, 11) is 0. The third-order valence-electron chi connectivity index (χ3n) is 3.04. The van der Waals surface area contributed by atoms with Gasteiger partial charge < -0.3 is 14.4 Å². The summed E-state index contributed by atoms with van der Waals surface area (Å²) in [4.78, 5) is 23.9. The fraction of sp³-hybridized carbons (Fsp3) is 0.286. The van der Waals surface area contributed by atoms with Gasteiger partial charge in [-0.3, -0.25) is 4.79 Å². The number of hydrogen-bond acceptors (Lipinski definition) is 4. The van der Waals surface area contributed by atoms with Gasteiger partial charge in [-0.05, 0) is 6.92 Å². The molecule has 0 spiro atoms. The highest BCUT2D eigenvalue weighted by molar-refractivity contribution is 5.94. The number of rotatable bonds is 4. The van der Waals surface area contributed by atoms with Crippen LogP contribution in [0.3, 0.4) is 0 Å². The van der Waals surface area contributed by atoms with Crippen LogP contribution in [0.15, 0.2) is 17.1 Å². The molecule has 1 N–H and O–H groups in total. The number of halogens is 3. The summed E-state index contributed by atoms with van der Waals surface area (Å²) in [6.07, 6.45) is 1.02. The van der Waals surface area contributed by atoms with Crippen LogP contribution in [0.4, 0.5) is 13.2 Å². The molecule has 0 aliphatic heterocycles. The molecule has 0 saturated heterocycles. The van der Waals surface area contributed by atoms with Crippen molar-refractivity contribution >= 4 is 16.9 Å². The first-order chi connectivity index (χ1) is 10.4. The highest BCUT2D eigenvalue weighted by atomic mass is 19.2. The molecule has 1 aromatic carbocycles. The largest absolute Gasteiger partial charge is 0.462 e. The van der Waals surface area contributed by atoms with Crippen molar-refractivity contribution in [1.82, 2.24) is 4.57 Å². The lowest BCUT2D eigenvalue weighted by molar-refractivity contribution is 0.0524. The Morgan fingerprint density at radius 3 is 2.59 bits per heavy atom. The molecule has 1 aromatic heterocycles. The van der Waals surface area contributed by atoms with Gasteiger partial charge in [0.2, 0.25) is 5.43 Å². The molecular formula is C14H12F3NO4. The summed E-state index contributed by atoms with van der Waals surface area (Å²) in [6, 6.07) is 0.639. The Labute approximate surface area is 122 Å². The SMILES string of the molecule is CCOC(=O)c1cn(CCO)c2cc(F)c(F)c(F)c2c1=O. The maximum Gasteiger partial charge on any atom is 0.343 e. The average molecular weight is 315 g/mol. The van der Waals surface area contributed by atoms with Crippen molar-refractivity contribution in [1.29, 1.82) is 0 Å². The van der Waals surface area contributed by atoms with Crippen LogP contribution in [0, 0.1) is 17.5 Å². The van der Waals surface area contributed by atoms with Crippen molar-refractivity contribution in [3.8, 4) is 0 Å². The number of carbonyl (C=O) groups excluding carboxylic acids is 1. The number of nitrogens with zero attached hydrogens (tertiary/aromatic N) is 1. The Morgan fingerprint density at radius 2 is 2.00 bits per heavy atom. The number of benzene rings is 1. The summed E-state index contributed by atoms with van der Waals surface area (Å²) in [5, 5.41) is 8.23. The number of esters is 1. The van der Waals surface area contributed by atoms with E-state index in [4.69, 9.17) is 5.11 Å². The van der Waals surface area contributed by atoms with Crippen LogP contribution in [-0.4, -0.2) is 28.9 Å². The van der Waals surface area contributed by atoms with E-state index < -0.39 is 46.4 Å². The molecular weight excluding hydrogens is 303 g/mol. The summed E-state index contributed by atoms with van der Waals surface area (Å²) < 4.78 is 46.4. The highest BCUT2D eigenvalue weighted by Gasteiger charge is 2.23.